The number of nitrogens with zero attached hydrogens (tertiary/aromatic N) is 2. The Kier molecular flexibility index (Phi) is 5.53. The maximum Gasteiger partial charge on any atom is 0.341 e. The fraction of sp³-hybridized carbons (Fsp3) is 0.241. The molecule has 5 aromatic rings. The number of nitrogens with one attached hydrogen (secondary N) is 1. The number of furan rings is 1. The summed E-state index contributed by atoms with van der Waals surface area (Å²) in [4.78, 5) is 27.3. The fourth-order valence-corrected chi connectivity index (χ4v) is 5.49. The van der Waals surface area contributed by atoms with Crippen LogP contribution in [0.5, 0.6) is 11.5 Å². The predicted molar refractivity (Wildman–Crippen MR) is 144 cm³/mol. The molecule has 0 bridgehead atoms. The molecule has 2 N–H and O–H groups in total. The molecule has 10 heteroatoms. The molecular weight excluding hydrogens is 505 g/mol. The van der Waals surface area contributed by atoms with Gasteiger partial charge in [0.2, 0.25) is 5.43 Å². The quantitative estimate of drug-likeness (QED) is 0.292. The van der Waals surface area contributed by atoms with E-state index in [0.29, 0.717) is 47.9 Å². The summed E-state index contributed by atoms with van der Waals surface area (Å²) in [6.07, 6.45) is 2.03. The molecule has 39 heavy (non-hydrogen) atoms. The summed E-state index contributed by atoms with van der Waals surface area (Å²) in [7, 11) is 0. The molecule has 4 heterocycles. The number of carboxylic acid groups (broad SMARTS) is 1. The first kappa shape index (κ1) is 23.7. The van der Waals surface area contributed by atoms with Crippen LogP contribution in [0.4, 0.5) is 10.1 Å². The summed E-state index contributed by atoms with van der Waals surface area (Å²) in [5.41, 5.74) is 0.952. The standard InChI is InChI=1S/C29H24FN3O6/c30-20-12-18-26-28(25(20)31-6-3-7-32-8-10-37-11-9-32)39-24-13-17-16-4-1-2-5-22(16)38-23(17)14-21(24)33(26)15-19(27(18)34)29(35)36/h1-2,4-5,12-15,31H,3,6-11H2,(H,35,36). The Hall–Kier alpha value is -4.41. The number of rotatable bonds is 6. The lowest BCUT2D eigenvalue weighted by Crippen LogP contribution is -2.37. The number of carboxylic acids is 1. The number of aromatic nitrogens is 1. The molecular formula is C29H24FN3O6. The van der Waals surface area contributed by atoms with Crippen LogP contribution in [-0.4, -0.2) is 59.9 Å². The van der Waals surface area contributed by atoms with E-state index in [1.807, 2.05) is 24.3 Å². The Morgan fingerprint density at radius 1 is 1.05 bits per heavy atom. The van der Waals surface area contributed by atoms with Gasteiger partial charge < -0.3 is 28.9 Å². The molecule has 0 aliphatic carbocycles. The Balaban J connectivity index is 1.36. The Morgan fingerprint density at radius 2 is 1.87 bits per heavy atom. The van der Waals surface area contributed by atoms with Crippen LogP contribution in [0, 0.1) is 5.82 Å². The van der Waals surface area contributed by atoms with Crippen molar-refractivity contribution < 1.29 is 28.2 Å². The molecule has 1 fully saturated rings. The fourth-order valence-electron chi connectivity index (χ4n) is 5.49. The summed E-state index contributed by atoms with van der Waals surface area (Å²) >= 11 is 0. The highest BCUT2D eigenvalue weighted by molar-refractivity contribution is 6.07. The van der Waals surface area contributed by atoms with Gasteiger partial charge in [-0.25, -0.2) is 9.18 Å². The minimum absolute atomic E-state index is 0.0726. The second-order valence-electron chi connectivity index (χ2n) is 9.76. The van der Waals surface area contributed by atoms with Gasteiger partial charge in [-0.3, -0.25) is 9.69 Å². The van der Waals surface area contributed by atoms with E-state index in [9.17, 15) is 14.7 Å². The van der Waals surface area contributed by atoms with Gasteiger partial charge in [0, 0.05) is 42.7 Å². The van der Waals surface area contributed by atoms with Crippen molar-refractivity contribution in [2.24, 2.45) is 0 Å². The van der Waals surface area contributed by atoms with Crippen LogP contribution in [0.15, 0.2) is 57.9 Å². The Bertz CT molecular complexity index is 1850. The van der Waals surface area contributed by atoms with E-state index in [4.69, 9.17) is 13.9 Å². The number of para-hydroxylation sites is 1. The molecule has 0 spiro atoms. The van der Waals surface area contributed by atoms with E-state index in [2.05, 4.69) is 10.2 Å². The van der Waals surface area contributed by atoms with Crippen LogP contribution < -0.4 is 15.5 Å². The number of fused-ring (bicyclic) bond motifs is 5. The van der Waals surface area contributed by atoms with Gasteiger partial charge in [0.15, 0.2) is 17.3 Å². The van der Waals surface area contributed by atoms with Crippen LogP contribution in [-0.2, 0) is 4.74 Å². The van der Waals surface area contributed by atoms with E-state index in [-0.39, 0.29) is 16.8 Å². The summed E-state index contributed by atoms with van der Waals surface area (Å²) in [5.74, 6) is -1.54. The van der Waals surface area contributed by atoms with Gasteiger partial charge in [-0.1, -0.05) is 18.2 Å². The van der Waals surface area contributed by atoms with Crippen molar-refractivity contribution in [2.75, 3.05) is 44.7 Å². The highest BCUT2D eigenvalue weighted by Crippen LogP contribution is 2.47. The lowest BCUT2D eigenvalue weighted by molar-refractivity contribution is 0.0378. The van der Waals surface area contributed by atoms with E-state index < -0.39 is 22.8 Å². The molecule has 2 aromatic heterocycles. The summed E-state index contributed by atoms with van der Waals surface area (Å²) < 4.78 is 34.8. The lowest BCUT2D eigenvalue weighted by Gasteiger charge is -2.27. The van der Waals surface area contributed by atoms with Gasteiger partial charge in [0.1, 0.15) is 27.9 Å². The molecule has 3 aromatic carbocycles. The van der Waals surface area contributed by atoms with Gasteiger partial charge in [-0.15, -0.1) is 0 Å². The molecule has 0 unspecified atom stereocenters. The van der Waals surface area contributed by atoms with E-state index in [1.165, 1.54) is 6.20 Å². The minimum atomic E-state index is -1.39. The van der Waals surface area contributed by atoms with E-state index in [0.717, 1.165) is 42.9 Å². The average Bonchev–Trinajstić information content (AvgIpc) is 3.30. The number of carbonyl (C=O) groups is 1. The van der Waals surface area contributed by atoms with Gasteiger partial charge in [0.05, 0.1) is 24.3 Å². The van der Waals surface area contributed by atoms with Gasteiger partial charge >= 0.3 is 5.97 Å². The third-order valence-corrected chi connectivity index (χ3v) is 7.41. The zero-order chi connectivity index (χ0) is 26.7. The van der Waals surface area contributed by atoms with Crippen molar-refractivity contribution in [1.82, 2.24) is 9.47 Å². The zero-order valence-electron chi connectivity index (χ0n) is 20.8. The molecule has 0 atom stereocenters. The lowest BCUT2D eigenvalue weighted by atomic mass is 10.1. The monoisotopic (exact) mass is 529 g/mol. The van der Waals surface area contributed by atoms with E-state index >= 15 is 4.39 Å². The number of benzene rings is 3. The maximum absolute atomic E-state index is 15.5. The number of anilines is 1. The van der Waals surface area contributed by atoms with Crippen molar-refractivity contribution in [3.05, 3.63) is 70.3 Å². The summed E-state index contributed by atoms with van der Waals surface area (Å²) in [5, 5.41) is 14.5. The number of halogens is 1. The number of ether oxygens (including phenoxy) is 2. The van der Waals surface area contributed by atoms with Crippen molar-refractivity contribution in [3.63, 3.8) is 0 Å². The third kappa shape index (κ3) is 3.83. The first-order valence-electron chi connectivity index (χ1n) is 12.8. The molecule has 1 saturated heterocycles. The molecule has 0 amide bonds. The number of hydrogen-bond acceptors (Lipinski definition) is 7. The van der Waals surface area contributed by atoms with Crippen molar-refractivity contribution in [2.45, 2.75) is 6.42 Å². The smallest absolute Gasteiger partial charge is 0.341 e. The highest BCUT2D eigenvalue weighted by atomic mass is 19.1. The number of aromatic carboxylic acids is 1. The minimum Gasteiger partial charge on any atom is -0.477 e. The van der Waals surface area contributed by atoms with E-state index in [1.54, 1.807) is 16.7 Å². The van der Waals surface area contributed by atoms with Crippen LogP contribution in [0.2, 0.25) is 0 Å². The second-order valence-corrected chi connectivity index (χ2v) is 9.76. The first-order valence-corrected chi connectivity index (χ1v) is 12.8. The number of pyridine rings is 1. The number of morpholine rings is 1. The first-order chi connectivity index (χ1) is 19.0. The van der Waals surface area contributed by atoms with Gasteiger partial charge in [0.25, 0.3) is 0 Å². The van der Waals surface area contributed by atoms with Crippen molar-refractivity contribution in [1.29, 1.82) is 0 Å². The highest BCUT2D eigenvalue weighted by Gasteiger charge is 2.29. The largest absolute Gasteiger partial charge is 0.477 e. The normalized spacial score (nSPS) is 15.0. The van der Waals surface area contributed by atoms with Crippen molar-refractivity contribution >= 4 is 44.5 Å². The van der Waals surface area contributed by atoms with Crippen LogP contribution in [0.25, 0.3) is 38.5 Å². The third-order valence-electron chi connectivity index (χ3n) is 7.41. The maximum atomic E-state index is 15.5. The topological polar surface area (TPSA) is 106 Å². The summed E-state index contributed by atoms with van der Waals surface area (Å²) in [6.45, 7) is 4.46. The van der Waals surface area contributed by atoms with Gasteiger partial charge in [-0.2, -0.15) is 0 Å². The second kappa shape index (κ2) is 9.11. The molecule has 198 valence electrons. The molecule has 2 aliphatic rings. The molecule has 7 rings (SSSR count). The average molecular weight is 530 g/mol. The predicted octanol–water partition coefficient (Wildman–Crippen LogP) is 4.97. The number of hydrogen-bond donors (Lipinski definition) is 2. The van der Waals surface area contributed by atoms with Crippen molar-refractivity contribution in [3.8, 4) is 17.2 Å². The SMILES string of the molecule is O=C(O)c1cn2c3c(c(NCCCN4CCOCC4)c(F)cc3c1=O)Oc1cc3c(cc1-2)oc1ccccc13. The zero-order valence-corrected chi connectivity index (χ0v) is 20.8. The van der Waals surface area contributed by atoms with Gasteiger partial charge in [-0.05, 0) is 31.2 Å². The molecule has 9 nitrogen and oxygen atoms in total. The van der Waals surface area contributed by atoms with Crippen LogP contribution >= 0.6 is 0 Å². The Morgan fingerprint density at radius 3 is 2.69 bits per heavy atom. The Labute approximate surface area is 220 Å². The summed E-state index contributed by atoms with van der Waals surface area (Å²) in [6, 6.07) is 12.2. The molecule has 0 radical (unpaired) electrons. The van der Waals surface area contributed by atoms with Crippen LogP contribution in [0.1, 0.15) is 16.8 Å². The van der Waals surface area contributed by atoms with Crippen LogP contribution in [0.3, 0.4) is 0 Å². The molecule has 0 saturated carbocycles. The molecule has 2 aliphatic heterocycles.